The largest absolute Gasteiger partial charge is 0.493 e. The molecule has 1 aromatic rings. The third-order valence-electron chi connectivity index (χ3n) is 2.54. The summed E-state index contributed by atoms with van der Waals surface area (Å²) >= 11 is 0. The molecule has 0 bridgehead atoms. The number of carbonyl (C=O) groups is 1. The number of carboxylic acids is 1. The molecule has 0 saturated carbocycles. The molecule has 88 valence electrons. The zero-order valence-corrected chi connectivity index (χ0v) is 10.2. The number of hydrogen-bond acceptors (Lipinski definition) is 2. The van der Waals surface area contributed by atoms with Crippen LogP contribution in [0.5, 0.6) is 5.75 Å². The van der Waals surface area contributed by atoms with Gasteiger partial charge in [-0.2, -0.15) is 0 Å². The van der Waals surface area contributed by atoms with E-state index in [0.717, 1.165) is 16.9 Å². The first kappa shape index (κ1) is 12.6. The number of ether oxygens (including phenoxy) is 1. The molecule has 0 unspecified atom stereocenters. The molecule has 0 aliphatic rings. The standard InChI is InChI=1S/C13H18O3/c1-8(2)7-16-12-6-5-11(13(14)15)9(3)10(12)4/h5-6,8H,7H2,1-4H3,(H,14,15). The molecule has 0 saturated heterocycles. The highest BCUT2D eigenvalue weighted by atomic mass is 16.5. The number of aromatic carboxylic acids is 1. The van der Waals surface area contributed by atoms with E-state index in [1.807, 2.05) is 6.92 Å². The van der Waals surface area contributed by atoms with Gasteiger partial charge in [-0.1, -0.05) is 13.8 Å². The van der Waals surface area contributed by atoms with E-state index in [2.05, 4.69) is 13.8 Å². The third kappa shape index (κ3) is 2.75. The summed E-state index contributed by atoms with van der Waals surface area (Å²) in [6.07, 6.45) is 0. The maximum absolute atomic E-state index is 10.9. The van der Waals surface area contributed by atoms with Gasteiger partial charge in [-0.15, -0.1) is 0 Å². The third-order valence-corrected chi connectivity index (χ3v) is 2.54. The Hall–Kier alpha value is -1.51. The highest BCUT2D eigenvalue weighted by molar-refractivity contribution is 5.90. The lowest BCUT2D eigenvalue weighted by molar-refractivity contribution is 0.0696. The monoisotopic (exact) mass is 222 g/mol. The predicted molar refractivity (Wildman–Crippen MR) is 63.2 cm³/mol. The molecule has 16 heavy (non-hydrogen) atoms. The van der Waals surface area contributed by atoms with Crippen LogP contribution in [0.25, 0.3) is 0 Å². The smallest absolute Gasteiger partial charge is 0.335 e. The molecule has 1 rings (SSSR count). The van der Waals surface area contributed by atoms with Crippen molar-refractivity contribution >= 4 is 5.97 Å². The molecule has 0 radical (unpaired) electrons. The van der Waals surface area contributed by atoms with Crippen molar-refractivity contribution in [3.05, 3.63) is 28.8 Å². The topological polar surface area (TPSA) is 46.5 Å². The lowest BCUT2D eigenvalue weighted by Gasteiger charge is -2.14. The van der Waals surface area contributed by atoms with Crippen LogP contribution in [0.1, 0.15) is 35.3 Å². The number of hydrogen-bond donors (Lipinski definition) is 1. The van der Waals surface area contributed by atoms with Crippen LogP contribution in [0.2, 0.25) is 0 Å². The molecule has 0 spiro atoms. The highest BCUT2D eigenvalue weighted by Gasteiger charge is 2.12. The van der Waals surface area contributed by atoms with Crippen LogP contribution in [0.15, 0.2) is 12.1 Å². The van der Waals surface area contributed by atoms with E-state index in [0.29, 0.717) is 18.1 Å². The van der Waals surface area contributed by atoms with Crippen molar-refractivity contribution in [2.75, 3.05) is 6.61 Å². The molecule has 0 amide bonds. The first-order valence-electron chi connectivity index (χ1n) is 5.39. The Morgan fingerprint density at radius 2 is 1.94 bits per heavy atom. The molecule has 0 aliphatic carbocycles. The van der Waals surface area contributed by atoms with Gasteiger partial charge in [-0.25, -0.2) is 4.79 Å². The van der Waals surface area contributed by atoms with E-state index in [4.69, 9.17) is 9.84 Å². The van der Waals surface area contributed by atoms with Gasteiger partial charge in [-0.3, -0.25) is 0 Å². The van der Waals surface area contributed by atoms with Gasteiger partial charge in [0.05, 0.1) is 12.2 Å². The van der Waals surface area contributed by atoms with E-state index < -0.39 is 5.97 Å². The fraction of sp³-hybridized carbons (Fsp3) is 0.462. The van der Waals surface area contributed by atoms with Gasteiger partial charge in [0, 0.05) is 0 Å². The van der Waals surface area contributed by atoms with Crippen LogP contribution >= 0.6 is 0 Å². The predicted octanol–water partition coefficient (Wildman–Crippen LogP) is 3.04. The molecule has 1 N–H and O–H groups in total. The van der Waals surface area contributed by atoms with Crippen LogP contribution < -0.4 is 4.74 Å². The van der Waals surface area contributed by atoms with Crippen molar-refractivity contribution in [2.45, 2.75) is 27.7 Å². The maximum atomic E-state index is 10.9. The van der Waals surface area contributed by atoms with Crippen LogP contribution in [0, 0.1) is 19.8 Å². The van der Waals surface area contributed by atoms with Crippen molar-refractivity contribution in [3.8, 4) is 5.75 Å². The number of carboxylic acid groups (broad SMARTS) is 1. The Bertz CT molecular complexity index is 394. The van der Waals surface area contributed by atoms with Gasteiger partial charge in [-0.05, 0) is 43.0 Å². The van der Waals surface area contributed by atoms with Crippen LogP contribution in [-0.2, 0) is 0 Å². The fourth-order valence-corrected chi connectivity index (χ4v) is 1.44. The SMILES string of the molecule is Cc1c(OCC(C)C)ccc(C(=O)O)c1C. The molecule has 3 nitrogen and oxygen atoms in total. The lowest BCUT2D eigenvalue weighted by atomic mass is 10.0. The molecular weight excluding hydrogens is 204 g/mol. The molecular formula is C13H18O3. The molecule has 0 fully saturated rings. The normalized spacial score (nSPS) is 10.6. The van der Waals surface area contributed by atoms with Crippen molar-refractivity contribution in [2.24, 2.45) is 5.92 Å². The maximum Gasteiger partial charge on any atom is 0.335 e. The van der Waals surface area contributed by atoms with Crippen molar-refractivity contribution < 1.29 is 14.6 Å². The summed E-state index contributed by atoms with van der Waals surface area (Å²) in [6.45, 7) is 8.49. The second-order valence-corrected chi connectivity index (χ2v) is 4.37. The molecule has 1 aromatic carbocycles. The van der Waals surface area contributed by atoms with Gasteiger partial charge in [0.25, 0.3) is 0 Å². The Morgan fingerprint density at radius 3 is 2.44 bits per heavy atom. The van der Waals surface area contributed by atoms with E-state index in [1.54, 1.807) is 19.1 Å². The lowest BCUT2D eigenvalue weighted by Crippen LogP contribution is -2.08. The minimum atomic E-state index is -0.893. The summed E-state index contributed by atoms with van der Waals surface area (Å²) in [4.78, 5) is 10.9. The van der Waals surface area contributed by atoms with Gasteiger partial charge in [0.15, 0.2) is 0 Å². The summed E-state index contributed by atoms with van der Waals surface area (Å²) in [6, 6.07) is 3.33. The summed E-state index contributed by atoms with van der Waals surface area (Å²) in [5.74, 6) is 0.339. The van der Waals surface area contributed by atoms with Crippen LogP contribution in [0.3, 0.4) is 0 Å². The molecule has 0 aromatic heterocycles. The molecule has 0 aliphatic heterocycles. The van der Waals surface area contributed by atoms with E-state index in [1.165, 1.54) is 0 Å². The number of rotatable bonds is 4. The summed E-state index contributed by atoms with van der Waals surface area (Å²) < 4.78 is 5.62. The second-order valence-electron chi connectivity index (χ2n) is 4.37. The first-order chi connectivity index (χ1) is 7.43. The van der Waals surface area contributed by atoms with Crippen molar-refractivity contribution in [3.63, 3.8) is 0 Å². The van der Waals surface area contributed by atoms with Gasteiger partial charge < -0.3 is 9.84 Å². The van der Waals surface area contributed by atoms with Gasteiger partial charge >= 0.3 is 5.97 Å². The number of benzene rings is 1. The average Bonchev–Trinajstić information content (AvgIpc) is 2.19. The quantitative estimate of drug-likeness (QED) is 0.851. The van der Waals surface area contributed by atoms with Gasteiger partial charge in [0.1, 0.15) is 5.75 Å². The zero-order chi connectivity index (χ0) is 12.3. The average molecular weight is 222 g/mol. The molecule has 0 atom stereocenters. The van der Waals surface area contributed by atoms with E-state index in [-0.39, 0.29) is 0 Å². The Labute approximate surface area is 96.1 Å². The van der Waals surface area contributed by atoms with E-state index in [9.17, 15) is 4.79 Å². The van der Waals surface area contributed by atoms with Crippen molar-refractivity contribution in [1.82, 2.24) is 0 Å². The van der Waals surface area contributed by atoms with Crippen LogP contribution in [0.4, 0.5) is 0 Å². The minimum Gasteiger partial charge on any atom is -0.493 e. The summed E-state index contributed by atoms with van der Waals surface area (Å²) in [5, 5.41) is 8.96. The molecule has 0 heterocycles. The summed E-state index contributed by atoms with van der Waals surface area (Å²) in [7, 11) is 0. The van der Waals surface area contributed by atoms with Gasteiger partial charge in [0.2, 0.25) is 0 Å². The second kappa shape index (κ2) is 5.01. The summed E-state index contributed by atoms with van der Waals surface area (Å²) in [5.41, 5.74) is 2.02. The Morgan fingerprint density at radius 1 is 1.31 bits per heavy atom. The molecule has 3 heteroatoms. The van der Waals surface area contributed by atoms with Crippen molar-refractivity contribution in [1.29, 1.82) is 0 Å². The van der Waals surface area contributed by atoms with E-state index >= 15 is 0 Å². The van der Waals surface area contributed by atoms with Crippen LogP contribution in [-0.4, -0.2) is 17.7 Å². The Kier molecular flexibility index (Phi) is 3.93. The minimum absolute atomic E-state index is 0.342. The highest BCUT2D eigenvalue weighted by Crippen LogP contribution is 2.24. The first-order valence-corrected chi connectivity index (χ1v) is 5.39. The Balaban J connectivity index is 2.98. The fourth-order valence-electron chi connectivity index (χ4n) is 1.44. The zero-order valence-electron chi connectivity index (χ0n) is 10.2.